The van der Waals surface area contributed by atoms with E-state index in [0.29, 0.717) is 11.8 Å². The van der Waals surface area contributed by atoms with Gasteiger partial charge in [0.2, 0.25) is 0 Å². The molecule has 4 aliphatic heterocycles. The van der Waals surface area contributed by atoms with E-state index in [0.717, 1.165) is 13.1 Å². The van der Waals surface area contributed by atoms with Crippen molar-refractivity contribution >= 4 is 5.71 Å². The van der Waals surface area contributed by atoms with Gasteiger partial charge >= 0.3 is 0 Å². The lowest BCUT2D eigenvalue weighted by atomic mass is 9.64. The molecule has 0 aromatic carbocycles. The van der Waals surface area contributed by atoms with Crippen LogP contribution in [0, 0.1) is 17.3 Å². The molecular formula is C12H22N4. The summed E-state index contributed by atoms with van der Waals surface area (Å²) in [5.74, 6) is 6.89. The van der Waals surface area contributed by atoms with Crippen molar-refractivity contribution in [2.24, 2.45) is 28.2 Å². The largest absolute Gasteiger partial charge is 0.323 e. The Labute approximate surface area is 97.5 Å². The van der Waals surface area contributed by atoms with Gasteiger partial charge in [-0.25, -0.2) is 0 Å². The van der Waals surface area contributed by atoms with Crippen LogP contribution in [0.1, 0.15) is 13.8 Å². The van der Waals surface area contributed by atoms with Crippen LogP contribution >= 0.6 is 0 Å². The minimum absolute atomic E-state index is 0.229. The molecule has 2 N–H and O–H groups in total. The van der Waals surface area contributed by atoms with Crippen molar-refractivity contribution in [1.29, 1.82) is 0 Å². The molecule has 2 unspecified atom stereocenters. The normalized spacial score (nSPS) is 48.9. The third-order valence-electron chi connectivity index (χ3n) is 4.84. The standard InChI is InChI=1S/C12H22N4/c1-9(2)12-7-15-3-4-16(8-12)6-10(5-15)11(12)14-13/h9-10H,3-8,13H2,1-2H3/b14-11-. The number of nitrogens with zero attached hydrogens (tertiary/aromatic N) is 3. The van der Waals surface area contributed by atoms with E-state index in [-0.39, 0.29) is 5.41 Å². The first-order valence-corrected chi connectivity index (χ1v) is 6.38. The maximum absolute atomic E-state index is 5.68. The fourth-order valence-electron chi connectivity index (χ4n) is 3.92. The van der Waals surface area contributed by atoms with Crippen LogP contribution in [0.4, 0.5) is 0 Å². The average molecular weight is 222 g/mol. The third kappa shape index (κ3) is 1.26. The molecular weight excluding hydrogens is 200 g/mol. The molecule has 4 heterocycles. The predicted molar refractivity (Wildman–Crippen MR) is 65.3 cm³/mol. The molecule has 4 saturated heterocycles. The van der Waals surface area contributed by atoms with Gasteiger partial charge < -0.3 is 15.6 Å². The molecule has 4 aliphatic rings. The topological polar surface area (TPSA) is 44.9 Å². The summed E-state index contributed by atoms with van der Waals surface area (Å²) < 4.78 is 0. The van der Waals surface area contributed by atoms with Crippen LogP contribution in [0.3, 0.4) is 0 Å². The average Bonchev–Trinajstić information content (AvgIpc) is 2.47. The summed E-state index contributed by atoms with van der Waals surface area (Å²) in [5, 5.41) is 4.19. The van der Waals surface area contributed by atoms with Crippen molar-refractivity contribution in [2.45, 2.75) is 13.8 Å². The van der Waals surface area contributed by atoms with Gasteiger partial charge in [0, 0.05) is 50.6 Å². The third-order valence-corrected chi connectivity index (χ3v) is 4.84. The summed E-state index contributed by atoms with van der Waals surface area (Å²) in [6.07, 6.45) is 0. The summed E-state index contributed by atoms with van der Waals surface area (Å²) >= 11 is 0. The molecule has 0 aliphatic carbocycles. The van der Waals surface area contributed by atoms with E-state index in [4.69, 9.17) is 5.84 Å². The van der Waals surface area contributed by atoms with Gasteiger partial charge in [-0.05, 0) is 5.92 Å². The SMILES string of the molecule is CC(C)C12CN3CCN(CC(C3)/C1=N/N)C2. The van der Waals surface area contributed by atoms with Crippen molar-refractivity contribution in [3.8, 4) is 0 Å². The van der Waals surface area contributed by atoms with Gasteiger partial charge in [-0.3, -0.25) is 0 Å². The first-order chi connectivity index (χ1) is 7.65. The van der Waals surface area contributed by atoms with Crippen LogP contribution in [0.5, 0.6) is 0 Å². The van der Waals surface area contributed by atoms with Crippen molar-refractivity contribution < 1.29 is 0 Å². The first kappa shape index (κ1) is 10.5. The lowest BCUT2D eigenvalue weighted by molar-refractivity contribution is 0.0831. The number of hydrazone groups is 1. The van der Waals surface area contributed by atoms with E-state index in [1.165, 1.54) is 31.9 Å². The lowest BCUT2D eigenvalue weighted by Crippen LogP contribution is -2.63. The minimum atomic E-state index is 0.229. The zero-order chi connectivity index (χ0) is 11.3. The van der Waals surface area contributed by atoms with E-state index in [9.17, 15) is 0 Å². The van der Waals surface area contributed by atoms with Crippen molar-refractivity contribution in [3.05, 3.63) is 0 Å². The number of hydrogen-bond acceptors (Lipinski definition) is 4. The van der Waals surface area contributed by atoms with Gasteiger partial charge in [-0.15, -0.1) is 0 Å². The van der Waals surface area contributed by atoms with Gasteiger partial charge in [-0.1, -0.05) is 13.8 Å². The van der Waals surface area contributed by atoms with Crippen LogP contribution in [0.2, 0.25) is 0 Å². The smallest absolute Gasteiger partial charge is 0.0522 e. The molecule has 90 valence electrons. The maximum Gasteiger partial charge on any atom is 0.0522 e. The molecule has 0 aromatic heterocycles. The molecule has 0 aromatic rings. The quantitative estimate of drug-likeness (QED) is 0.509. The Kier molecular flexibility index (Phi) is 2.27. The second-order valence-electron chi connectivity index (χ2n) is 5.99. The molecule has 0 saturated carbocycles. The molecule has 0 radical (unpaired) electrons. The number of fused-ring (bicyclic) bond motifs is 1. The Hall–Kier alpha value is -0.610. The van der Waals surface area contributed by atoms with Gasteiger partial charge in [0.15, 0.2) is 0 Å². The second-order valence-corrected chi connectivity index (χ2v) is 5.99. The highest BCUT2D eigenvalue weighted by atomic mass is 15.3. The summed E-state index contributed by atoms with van der Waals surface area (Å²) in [6, 6.07) is 0. The van der Waals surface area contributed by atoms with Gasteiger partial charge in [-0.2, -0.15) is 5.10 Å². The summed E-state index contributed by atoms with van der Waals surface area (Å²) in [6.45, 7) is 11.7. The van der Waals surface area contributed by atoms with Crippen LogP contribution in [0.15, 0.2) is 5.10 Å². The van der Waals surface area contributed by atoms with Crippen LogP contribution in [-0.4, -0.2) is 54.8 Å². The fourth-order valence-corrected chi connectivity index (χ4v) is 3.92. The molecule has 4 heteroatoms. The molecule has 0 amide bonds. The first-order valence-electron chi connectivity index (χ1n) is 6.38. The van der Waals surface area contributed by atoms with Crippen LogP contribution in [-0.2, 0) is 0 Å². The number of nitrogens with two attached hydrogens (primary N) is 1. The summed E-state index contributed by atoms with van der Waals surface area (Å²) in [4.78, 5) is 5.23. The predicted octanol–water partition coefficient (Wildman–Crippen LogP) is 0.205. The molecule has 4 fully saturated rings. The second kappa shape index (κ2) is 3.44. The molecule has 4 rings (SSSR count). The zero-order valence-corrected chi connectivity index (χ0v) is 10.3. The number of hydrogen-bond donors (Lipinski definition) is 1. The highest BCUT2D eigenvalue weighted by Crippen LogP contribution is 2.43. The fraction of sp³-hybridized carbons (Fsp3) is 0.917. The number of piperidine rings is 2. The van der Waals surface area contributed by atoms with Crippen LogP contribution in [0.25, 0.3) is 0 Å². The Bertz CT molecular complexity index is 307. The van der Waals surface area contributed by atoms with Gasteiger partial charge in [0.05, 0.1) is 5.71 Å². The highest BCUT2D eigenvalue weighted by Gasteiger charge is 2.53. The van der Waals surface area contributed by atoms with E-state index in [1.807, 2.05) is 0 Å². The molecule has 2 atom stereocenters. The van der Waals surface area contributed by atoms with Gasteiger partial charge in [0.25, 0.3) is 0 Å². The van der Waals surface area contributed by atoms with E-state index in [1.54, 1.807) is 0 Å². The van der Waals surface area contributed by atoms with Crippen molar-refractivity contribution in [3.63, 3.8) is 0 Å². The van der Waals surface area contributed by atoms with Crippen LogP contribution < -0.4 is 5.84 Å². The van der Waals surface area contributed by atoms with Crippen molar-refractivity contribution in [2.75, 3.05) is 39.3 Å². The Morgan fingerprint density at radius 1 is 1.25 bits per heavy atom. The molecule has 0 spiro atoms. The maximum atomic E-state index is 5.68. The van der Waals surface area contributed by atoms with Crippen molar-refractivity contribution in [1.82, 2.24) is 9.80 Å². The Balaban J connectivity index is 2.06. The Morgan fingerprint density at radius 3 is 2.25 bits per heavy atom. The molecule has 16 heavy (non-hydrogen) atoms. The highest BCUT2D eigenvalue weighted by molar-refractivity contribution is 5.94. The van der Waals surface area contributed by atoms with E-state index in [2.05, 4.69) is 28.7 Å². The zero-order valence-electron chi connectivity index (χ0n) is 10.3. The van der Waals surface area contributed by atoms with Gasteiger partial charge in [0.1, 0.15) is 0 Å². The molecule has 4 nitrogen and oxygen atoms in total. The Morgan fingerprint density at radius 2 is 1.81 bits per heavy atom. The van der Waals surface area contributed by atoms with E-state index >= 15 is 0 Å². The monoisotopic (exact) mass is 222 g/mol. The van der Waals surface area contributed by atoms with E-state index < -0.39 is 0 Å². The molecule has 4 bridgehead atoms. The minimum Gasteiger partial charge on any atom is -0.323 e. The summed E-state index contributed by atoms with van der Waals surface area (Å²) in [7, 11) is 0. The summed E-state index contributed by atoms with van der Waals surface area (Å²) in [5.41, 5.74) is 1.53. The lowest BCUT2D eigenvalue weighted by Gasteiger charge is -2.52. The number of rotatable bonds is 1.